The second-order valence-corrected chi connectivity index (χ2v) is 8.87. The predicted molar refractivity (Wildman–Crippen MR) is 109 cm³/mol. The highest BCUT2D eigenvalue weighted by atomic mass is 32.2. The Morgan fingerprint density at radius 2 is 1.86 bits per heavy atom. The maximum atomic E-state index is 12.7. The zero-order valence-electron chi connectivity index (χ0n) is 16.1. The first kappa shape index (κ1) is 19.5. The summed E-state index contributed by atoms with van der Waals surface area (Å²) in [7, 11) is -1.50. The Morgan fingerprint density at radius 3 is 2.48 bits per heavy atom. The van der Waals surface area contributed by atoms with E-state index in [1.807, 2.05) is 29.9 Å². The van der Waals surface area contributed by atoms with Gasteiger partial charge in [0.2, 0.25) is 10.0 Å². The summed E-state index contributed by atoms with van der Waals surface area (Å²) in [5.74, 6) is 1.41. The molecular weight excluding hydrogens is 390 g/mol. The Kier molecular flexibility index (Phi) is 5.56. The van der Waals surface area contributed by atoms with Gasteiger partial charge in [-0.15, -0.1) is 0 Å². The maximum absolute atomic E-state index is 12.7. The monoisotopic (exact) mass is 413 g/mol. The number of anilines is 1. The van der Waals surface area contributed by atoms with Crippen LogP contribution in [-0.4, -0.2) is 70.4 Å². The summed E-state index contributed by atoms with van der Waals surface area (Å²) in [6.07, 6.45) is 8.44. The second kappa shape index (κ2) is 8.27. The number of piperazine rings is 1. The highest BCUT2D eigenvalue weighted by molar-refractivity contribution is 7.89. The number of nitrogens with one attached hydrogen (secondary N) is 1. The van der Waals surface area contributed by atoms with Gasteiger partial charge in [0.05, 0.1) is 0 Å². The highest BCUT2D eigenvalue weighted by Crippen LogP contribution is 2.18. The summed E-state index contributed by atoms with van der Waals surface area (Å²) in [6, 6.07) is 7.18. The van der Waals surface area contributed by atoms with Crippen LogP contribution in [0.4, 0.5) is 5.82 Å². The molecule has 3 aromatic heterocycles. The average Bonchev–Trinajstić information content (AvgIpc) is 3.28. The molecule has 1 aliphatic heterocycles. The lowest BCUT2D eigenvalue weighted by Gasteiger charge is -2.31. The molecule has 0 unspecified atom stereocenters. The first-order chi connectivity index (χ1) is 14.0. The molecule has 0 aliphatic carbocycles. The minimum atomic E-state index is -3.50. The van der Waals surface area contributed by atoms with Gasteiger partial charge in [-0.3, -0.25) is 4.57 Å². The molecule has 0 radical (unpaired) electrons. The number of aromatic nitrogens is 4. The Morgan fingerprint density at radius 1 is 1.03 bits per heavy atom. The molecule has 0 saturated carbocycles. The van der Waals surface area contributed by atoms with Crippen LogP contribution < -0.4 is 5.32 Å². The first-order valence-corrected chi connectivity index (χ1v) is 10.8. The summed E-state index contributed by atoms with van der Waals surface area (Å²) in [5, 5.41) is 3.19. The van der Waals surface area contributed by atoms with Crippen LogP contribution >= 0.6 is 0 Å². The van der Waals surface area contributed by atoms with Crippen LogP contribution in [0.15, 0.2) is 60.3 Å². The van der Waals surface area contributed by atoms with E-state index in [9.17, 15) is 8.42 Å². The zero-order chi connectivity index (χ0) is 20.3. The van der Waals surface area contributed by atoms with Crippen LogP contribution in [0.2, 0.25) is 0 Å². The van der Waals surface area contributed by atoms with Gasteiger partial charge in [0.15, 0.2) is 0 Å². The van der Waals surface area contributed by atoms with Crippen LogP contribution in [0.5, 0.6) is 0 Å². The Bertz CT molecular complexity index is 1030. The molecule has 4 rings (SSSR count). The lowest BCUT2D eigenvalue weighted by atomic mass is 10.3. The molecule has 0 atom stereocenters. The van der Waals surface area contributed by atoms with Crippen LogP contribution in [-0.2, 0) is 16.6 Å². The molecule has 152 valence electrons. The van der Waals surface area contributed by atoms with Crippen molar-refractivity contribution in [3.05, 3.63) is 60.9 Å². The van der Waals surface area contributed by atoms with Gasteiger partial charge in [0.1, 0.15) is 22.9 Å². The van der Waals surface area contributed by atoms with Gasteiger partial charge in [0.25, 0.3) is 0 Å². The number of hydrogen-bond donors (Lipinski definition) is 1. The Balaban J connectivity index is 1.37. The van der Waals surface area contributed by atoms with Crippen molar-refractivity contribution in [1.82, 2.24) is 28.7 Å². The van der Waals surface area contributed by atoms with Crippen molar-refractivity contribution in [3.63, 3.8) is 0 Å². The molecule has 1 aliphatic rings. The van der Waals surface area contributed by atoms with Crippen LogP contribution in [0.3, 0.4) is 0 Å². The van der Waals surface area contributed by atoms with Gasteiger partial charge >= 0.3 is 0 Å². The van der Waals surface area contributed by atoms with Gasteiger partial charge in [-0.25, -0.2) is 23.4 Å². The van der Waals surface area contributed by atoms with E-state index in [1.54, 1.807) is 30.9 Å². The van der Waals surface area contributed by atoms with Gasteiger partial charge in [0, 0.05) is 57.5 Å². The second-order valence-electron chi connectivity index (χ2n) is 6.93. The average molecular weight is 414 g/mol. The number of hydrogen-bond acceptors (Lipinski definition) is 7. The topological polar surface area (TPSA) is 96.2 Å². The molecule has 4 heterocycles. The summed E-state index contributed by atoms with van der Waals surface area (Å²) >= 11 is 0. The van der Waals surface area contributed by atoms with Gasteiger partial charge < -0.3 is 10.2 Å². The molecule has 1 fully saturated rings. The van der Waals surface area contributed by atoms with Gasteiger partial charge in [-0.05, 0) is 30.8 Å². The minimum absolute atomic E-state index is 0.221. The van der Waals surface area contributed by atoms with Crippen molar-refractivity contribution >= 4 is 15.8 Å². The van der Waals surface area contributed by atoms with Crippen molar-refractivity contribution in [3.8, 4) is 5.82 Å². The number of pyridine rings is 2. The molecule has 1 N–H and O–H groups in total. The molecule has 10 heteroatoms. The molecule has 1 saturated heterocycles. The van der Waals surface area contributed by atoms with Crippen LogP contribution in [0.1, 0.15) is 5.56 Å². The summed E-state index contributed by atoms with van der Waals surface area (Å²) in [4.78, 5) is 15.0. The van der Waals surface area contributed by atoms with Crippen LogP contribution in [0, 0.1) is 0 Å². The lowest BCUT2D eigenvalue weighted by Crippen LogP contribution is -2.47. The number of likely N-dealkylation sites (N-methyl/N-ethyl adjacent to an activating group) is 1. The van der Waals surface area contributed by atoms with Crippen molar-refractivity contribution in [2.24, 2.45) is 0 Å². The molecule has 3 aromatic rings. The largest absolute Gasteiger partial charge is 0.366 e. The molecular formula is C19H23N7O2S. The smallest absolute Gasteiger partial charge is 0.244 e. The molecule has 0 aromatic carbocycles. The van der Waals surface area contributed by atoms with E-state index in [4.69, 9.17) is 0 Å². The molecule has 0 spiro atoms. The fourth-order valence-corrected chi connectivity index (χ4v) is 4.44. The van der Waals surface area contributed by atoms with E-state index < -0.39 is 10.0 Å². The molecule has 29 heavy (non-hydrogen) atoms. The third-order valence-corrected chi connectivity index (χ3v) is 6.77. The predicted octanol–water partition coefficient (Wildman–Crippen LogP) is 1.21. The third-order valence-electron chi connectivity index (χ3n) is 4.89. The van der Waals surface area contributed by atoms with Crippen molar-refractivity contribution < 1.29 is 8.42 Å². The van der Waals surface area contributed by atoms with E-state index in [-0.39, 0.29) is 4.90 Å². The fourth-order valence-electron chi connectivity index (χ4n) is 3.08. The number of imidazole rings is 1. The number of sulfonamides is 1. The van der Waals surface area contributed by atoms with E-state index in [2.05, 4.69) is 25.2 Å². The Hall–Kier alpha value is -2.82. The van der Waals surface area contributed by atoms with Gasteiger partial charge in [-0.1, -0.05) is 6.07 Å². The molecule has 0 amide bonds. The van der Waals surface area contributed by atoms with E-state index in [0.717, 1.165) is 24.5 Å². The van der Waals surface area contributed by atoms with Gasteiger partial charge in [-0.2, -0.15) is 4.31 Å². The lowest BCUT2D eigenvalue weighted by molar-refractivity contribution is 0.222. The number of rotatable bonds is 6. The molecule has 0 bridgehead atoms. The summed E-state index contributed by atoms with van der Waals surface area (Å²) < 4.78 is 28.8. The zero-order valence-corrected chi connectivity index (χ0v) is 17.0. The molecule has 9 nitrogen and oxygen atoms in total. The van der Waals surface area contributed by atoms with Crippen LogP contribution in [0.25, 0.3) is 5.82 Å². The standard InChI is InChI=1S/C19H23N7O2S/c1-24-8-10-26(11-9-24)29(27,28)17-3-4-18(22-14-17)21-12-16-2-5-19(23-13-16)25-7-6-20-15-25/h2-7,13-15H,8-12H2,1H3,(H,21,22). The van der Waals surface area contributed by atoms with E-state index in [1.165, 1.54) is 10.5 Å². The maximum Gasteiger partial charge on any atom is 0.244 e. The number of nitrogens with zero attached hydrogens (tertiary/aromatic N) is 6. The minimum Gasteiger partial charge on any atom is -0.366 e. The normalized spacial score (nSPS) is 16.0. The third kappa shape index (κ3) is 4.44. The van der Waals surface area contributed by atoms with Crippen molar-refractivity contribution in [1.29, 1.82) is 0 Å². The van der Waals surface area contributed by atoms with Crippen molar-refractivity contribution in [2.45, 2.75) is 11.4 Å². The highest BCUT2D eigenvalue weighted by Gasteiger charge is 2.27. The fraction of sp³-hybridized carbons (Fsp3) is 0.316. The first-order valence-electron chi connectivity index (χ1n) is 9.34. The SMILES string of the molecule is CN1CCN(S(=O)(=O)c2ccc(NCc3ccc(-n4ccnc4)nc3)nc2)CC1. The van der Waals surface area contributed by atoms with Crippen molar-refractivity contribution in [2.75, 3.05) is 38.5 Å². The summed E-state index contributed by atoms with van der Waals surface area (Å²) in [6.45, 7) is 3.01. The summed E-state index contributed by atoms with van der Waals surface area (Å²) in [5.41, 5.74) is 0.991. The van der Waals surface area contributed by atoms with E-state index >= 15 is 0 Å². The Labute approximate surface area is 170 Å². The van der Waals surface area contributed by atoms with E-state index in [0.29, 0.717) is 25.5 Å². The quantitative estimate of drug-likeness (QED) is 0.649.